The van der Waals surface area contributed by atoms with E-state index in [1.165, 1.54) is 32.1 Å². The highest BCUT2D eigenvalue weighted by atomic mass is 16.5. The van der Waals surface area contributed by atoms with Gasteiger partial charge in [-0.25, -0.2) is 4.98 Å². The summed E-state index contributed by atoms with van der Waals surface area (Å²) in [5.74, 6) is 2.11. The maximum absolute atomic E-state index is 12.6. The minimum atomic E-state index is -0.0942. The number of benzene rings is 2. The molecule has 1 aliphatic rings. The Balaban J connectivity index is 1.27. The number of amides is 1. The third-order valence-electron chi connectivity index (χ3n) is 6.13. The normalized spacial score (nSPS) is 14.4. The predicted octanol–water partition coefficient (Wildman–Crippen LogP) is 6.10. The summed E-state index contributed by atoms with van der Waals surface area (Å²) in [7, 11) is 0. The highest BCUT2D eigenvalue weighted by molar-refractivity contribution is 5.92. The third kappa shape index (κ3) is 4.67. The van der Waals surface area contributed by atoms with Gasteiger partial charge in [-0.2, -0.15) is 0 Å². The Morgan fingerprint density at radius 2 is 1.59 bits per heavy atom. The number of ether oxygens (including phenoxy) is 1. The van der Waals surface area contributed by atoms with Crippen molar-refractivity contribution in [2.75, 3.05) is 6.54 Å². The molecule has 2 heterocycles. The fourth-order valence-corrected chi connectivity index (χ4v) is 4.33. The second-order valence-corrected chi connectivity index (χ2v) is 8.46. The van der Waals surface area contributed by atoms with Crippen molar-refractivity contribution >= 4 is 11.6 Å². The zero-order chi connectivity index (χ0) is 21.8. The van der Waals surface area contributed by atoms with Crippen LogP contribution in [0.1, 0.15) is 42.6 Å². The third-order valence-corrected chi connectivity index (χ3v) is 6.13. The molecule has 162 valence electrons. The number of rotatable bonds is 6. The van der Waals surface area contributed by atoms with Crippen LogP contribution in [0.4, 0.5) is 0 Å². The van der Waals surface area contributed by atoms with Crippen molar-refractivity contribution in [3.8, 4) is 22.6 Å². The molecule has 0 saturated heterocycles. The van der Waals surface area contributed by atoms with Crippen LogP contribution in [0.5, 0.6) is 11.5 Å². The zero-order valence-corrected chi connectivity index (χ0v) is 18.0. The van der Waals surface area contributed by atoms with Crippen LogP contribution in [0, 0.1) is 5.92 Å². The van der Waals surface area contributed by atoms with Gasteiger partial charge in [0.05, 0.1) is 0 Å². The van der Waals surface area contributed by atoms with Crippen LogP contribution < -0.4 is 10.1 Å². The monoisotopic (exact) mass is 425 g/mol. The molecule has 0 spiro atoms. The molecule has 1 N–H and O–H groups in total. The van der Waals surface area contributed by atoms with Crippen molar-refractivity contribution < 1.29 is 9.53 Å². The summed E-state index contributed by atoms with van der Waals surface area (Å²) < 4.78 is 7.79. The lowest BCUT2D eigenvalue weighted by atomic mass is 9.89. The standard InChI is InChI=1S/C27H27N3O2/c31-27(28-17-20-7-3-1-4-8-20)25-19-30-18-22(13-16-26(30)29-25)21-11-14-24(15-12-21)32-23-9-5-2-6-10-23/h2,5-6,9-16,18-20H,1,3-4,7-8,17H2,(H,28,31). The van der Waals surface area contributed by atoms with Crippen LogP contribution in [0.2, 0.25) is 0 Å². The lowest BCUT2D eigenvalue weighted by Gasteiger charge is -2.21. The summed E-state index contributed by atoms with van der Waals surface area (Å²) in [6.07, 6.45) is 10.1. The minimum absolute atomic E-state index is 0.0942. The number of para-hydroxylation sites is 1. The van der Waals surface area contributed by atoms with Crippen molar-refractivity contribution in [1.29, 1.82) is 0 Å². The van der Waals surface area contributed by atoms with E-state index < -0.39 is 0 Å². The molecule has 0 radical (unpaired) electrons. The van der Waals surface area contributed by atoms with Gasteiger partial charge in [0.25, 0.3) is 5.91 Å². The van der Waals surface area contributed by atoms with Gasteiger partial charge in [0.1, 0.15) is 22.8 Å². The van der Waals surface area contributed by atoms with Crippen LogP contribution >= 0.6 is 0 Å². The molecule has 0 unspecified atom stereocenters. The molecule has 5 nitrogen and oxygen atoms in total. The van der Waals surface area contributed by atoms with E-state index in [9.17, 15) is 4.79 Å². The smallest absolute Gasteiger partial charge is 0.271 e. The van der Waals surface area contributed by atoms with E-state index in [4.69, 9.17) is 4.74 Å². The number of pyridine rings is 1. The summed E-state index contributed by atoms with van der Waals surface area (Å²) in [6.45, 7) is 0.745. The van der Waals surface area contributed by atoms with Gasteiger partial charge in [0, 0.05) is 18.9 Å². The fraction of sp³-hybridized carbons (Fsp3) is 0.259. The van der Waals surface area contributed by atoms with E-state index in [0.29, 0.717) is 11.6 Å². The molecule has 32 heavy (non-hydrogen) atoms. The zero-order valence-electron chi connectivity index (χ0n) is 18.0. The summed E-state index contributed by atoms with van der Waals surface area (Å²) >= 11 is 0. The first-order valence-corrected chi connectivity index (χ1v) is 11.3. The number of nitrogens with zero attached hydrogens (tertiary/aromatic N) is 2. The summed E-state index contributed by atoms with van der Waals surface area (Å²) in [4.78, 5) is 17.1. The van der Waals surface area contributed by atoms with Crippen molar-refractivity contribution in [2.24, 2.45) is 5.92 Å². The molecule has 5 heteroatoms. The number of imidazole rings is 1. The summed E-state index contributed by atoms with van der Waals surface area (Å²) in [5, 5.41) is 3.07. The lowest BCUT2D eigenvalue weighted by Crippen LogP contribution is -2.30. The first kappa shape index (κ1) is 20.3. The van der Waals surface area contributed by atoms with Crippen LogP contribution in [-0.2, 0) is 0 Å². The molecule has 0 atom stereocenters. The highest BCUT2D eigenvalue weighted by Crippen LogP contribution is 2.26. The average Bonchev–Trinajstić information content (AvgIpc) is 3.28. The number of carbonyl (C=O) groups excluding carboxylic acids is 1. The maximum Gasteiger partial charge on any atom is 0.271 e. The molecule has 5 rings (SSSR count). The van der Waals surface area contributed by atoms with Gasteiger partial charge in [-0.1, -0.05) is 49.6 Å². The van der Waals surface area contributed by atoms with Gasteiger partial charge in [0.2, 0.25) is 0 Å². The minimum Gasteiger partial charge on any atom is -0.457 e. The Bertz CT molecular complexity index is 1190. The van der Waals surface area contributed by atoms with Gasteiger partial charge in [-0.3, -0.25) is 4.79 Å². The molecule has 1 aliphatic carbocycles. The van der Waals surface area contributed by atoms with Gasteiger partial charge >= 0.3 is 0 Å². The SMILES string of the molecule is O=C(NCC1CCCCC1)c1cn2cc(-c3ccc(Oc4ccccc4)cc3)ccc2n1. The Kier molecular flexibility index (Phi) is 5.88. The molecule has 2 aromatic carbocycles. The highest BCUT2D eigenvalue weighted by Gasteiger charge is 2.16. The number of hydrogen-bond donors (Lipinski definition) is 1. The summed E-state index contributed by atoms with van der Waals surface area (Å²) in [5.41, 5.74) is 3.35. The van der Waals surface area contributed by atoms with Crippen molar-refractivity contribution in [3.05, 3.63) is 84.8 Å². The van der Waals surface area contributed by atoms with Crippen LogP contribution in [0.25, 0.3) is 16.8 Å². The van der Waals surface area contributed by atoms with Crippen molar-refractivity contribution in [1.82, 2.24) is 14.7 Å². The Morgan fingerprint density at radius 1 is 0.875 bits per heavy atom. The van der Waals surface area contributed by atoms with Gasteiger partial charge in [-0.15, -0.1) is 0 Å². The van der Waals surface area contributed by atoms with E-state index in [1.807, 2.05) is 83.5 Å². The number of hydrogen-bond acceptors (Lipinski definition) is 3. The molecular weight excluding hydrogens is 398 g/mol. The topological polar surface area (TPSA) is 55.6 Å². The fourth-order valence-electron chi connectivity index (χ4n) is 4.33. The molecule has 1 saturated carbocycles. The van der Waals surface area contributed by atoms with Crippen LogP contribution in [0.3, 0.4) is 0 Å². The molecule has 1 fully saturated rings. The number of nitrogens with one attached hydrogen (secondary N) is 1. The summed E-state index contributed by atoms with van der Waals surface area (Å²) in [6, 6.07) is 21.7. The van der Waals surface area contributed by atoms with Gasteiger partial charge in [0.15, 0.2) is 0 Å². The Hall–Kier alpha value is -3.60. The van der Waals surface area contributed by atoms with Crippen LogP contribution in [0.15, 0.2) is 79.1 Å². The second-order valence-electron chi connectivity index (χ2n) is 8.46. The molecule has 4 aromatic rings. The van der Waals surface area contributed by atoms with Gasteiger partial charge < -0.3 is 14.5 Å². The van der Waals surface area contributed by atoms with E-state index in [0.717, 1.165) is 34.8 Å². The molecule has 2 aromatic heterocycles. The molecule has 1 amide bonds. The Morgan fingerprint density at radius 3 is 2.38 bits per heavy atom. The van der Waals surface area contributed by atoms with E-state index in [1.54, 1.807) is 0 Å². The van der Waals surface area contributed by atoms with Gasteiger partial charge in [-0.05, 0) is 66.3 Å². The van der Waals surface area contributed by atoms with Crippen LogP contribution in [-0.4, -0.2) is 21.8 Å². The maximum atomic E-state index is 12.6. The first-order valence-electron chi connectivity index (χ1n) is 11.3. The van der Waals surface area contributed by atoms with E-state index in [-0.39, 0.29) is 5.91 Å². The average molecular weight is 426 g/mol. The van der Waals surface area contributed by atoms with Crippen molar-refractivity contribution in [2.45, 2.75) is 32.1 Å². The number of aromatic nitrogens is 2. The molecule has 0 bridgehead atoms. The lowest BCUT2D eigenvalue weighted by molar-refractivity contribution is 0.0939. The van der Waals surface area contributed by atoms with E-state index >= 15 is 0 Å². The number of carbonyl (C=O) groups is 1. The quantitative estimate of drug-likeness (QED) is 0.406. The largest absolute Gasteiger partial charge is 0.457 e. The van der Waals surface area contributed by atoms with E-state index in [2.05, 4.69) is 10.3 Å². The Labute approximate surface area is 188 Å². The second kappa shape index (κ2) is 9.27. The van der Waals surface area contributed by atoms with Crippen molar-refractivity contribution in [3.63, 3.8) is 0 Å². The predicted molar refractivity (Wildman–Crippen MR) is 126 cm³/mol. The molecule has 0 aliphatic heterocycles. The number of fused-ring (bicyclic) bond motifs is 1. The molecular formula is C27H27N3O2. The first-order chi connectivity index (χ1) is 15.7.